The minimum absolute atomic E-state index is 0.0688. The van der Waals surface area contributed by atoms with Crippen LogP contribution in [0.1, 0.15) is 55.7 Å². The van der Waals surface area contributed by atoms with Crippen LogP contribution in [0.15, 0.2) is 48.5 Å². The molecule has 192 valence electrons. The fourth-order valence-electron chi connectivity index (χ4n) is 4.87. The summed E-state index contributed by atoms with van der Waals surface area (Å²) in [6, 6.07) is 13.4. The molecule has 2 fully saturated rings. The maximum Gasteiger partial charge on any atom is 0.313 e. The van der Waals surface area contributed by atoms with Crippen molar-refractivity contribution in [1.29, 1.82) is 0 Å². The molecule has 8 nitrogen and oxygen atoms in total. The minimum Gasteiger partial charge on any atom is -0.497 e. The van der Waals surface area contributed by atoms with E-state index in [1.54, 1.807) is 43.5 Å². The first-order valence-electron chi connectivity index (χ1n) is 12.7. The van der Waals surface area contributed by atoms with E-state index >= 15 is 0 Å². The predicted octanol–water partition coefficient (Wildman–Crippen LogP) is 3.75. The summed E-state index contributed by atoms with van der Waals surface area (Å²) in [5.74, 6) is -1.21. The van der Waals surface area contributed by atoms with Crippen molar-refractivity contribution in [1.82, 2.24) is 10.2 Å². The molecular weight excluding hydrogens is 458 g/mol. The van der Waals surface area contributed by atoms with Gasteiger partial charge in [-0.05, 0) is 62.4 Å². The summed E-state index contributed by atoms with van der Waals surface area (Å²) in [6.07, 6.45) is 5.36. The third kappa shape index (κ3) is 6.43. The van der Waals surface area contributed by atoms with Gasteiger partial charge in [-0.1, -0.05) is 42.7 Å². The first-order chi connectivity index (χ1) is 17.4. The van der Waals surface area contributed by atoms with Crippen molar-refractivity contribution in [2.75, 3.05) is 25.6 Å². The summed E-state index contributed by atoms with van der Waals surface area (Å²) in [6.45, 7) is 2.70. The molecule has 1 aliphatic heterocycles. The van der Waals surface area contributed by atoms with Crippen molar-refractivity contribution < 1.29 is 23.9 Å². The Morgan fingerprint density at radius 1 is 1.00 bits per heavy atom. The third-order valence-electron chi connectivity index (χ3n) is 6.88. The van der Waals surface area contributed by atoms with Crippen LogP contribution in [0.5, 0.6) is 5.75 Å². The first-order valence-corrected chi connectivity index (χ1v) is 12.7. The molecule has 2 atom stereocenters. The molecule has 1 aliphatic carbocycles. The lowest BCUT2D eigenvalue weighted by Gasteiger charge is -2.33. The highest BCUT2D eigenvalue weighted by Gasteiger charge is 2.38. The van der Waals surface area contributed by atoms with Crippen molar-refractivity contribution in [2.45, 2.75) is 63.6 Å². The quantitative estimate of drug-likeness (QED) is 0.546. The summed E-state index contributed by atoms with van der Waals surface area (Å²) < 4.78 is 11.1. The Balaban J connectivity index is 1.64. The van der Waals surface area contributed by atoms with E-state index in [-0.39, 0.29) is 24.6 Å². The van der Waals surface area contributed by atoms with Gasteiger partial charge in [0, 0.05) is 24.9 Å². The average Bonchev–Trinajstić information content (AvgIpc) is 3.59. The Morgan fingerprint density at radius 3 is 2.31 bits per heavy atom. The SMILES string of the molecule is COc1ccc([C@@H](C(=O)NC2CCCC2)N(C[C@H]2CCCO2)C(=O)C(=O)Nc2ccc(C)cc2)cc1. The van der Waals surface area contributed by atoms with Gasteiger partial charge in [0.25, 0.3) is 0 Å². The Labute approximate surface area is 212 Å². The van der Waals surface area contributed by atoms with Gasteiger partial charge in [0.05, 0.1) is 13.2 Å². The highest BCUT2D eigenvalue weighted by Crippen LogP contribution is 2.28. The zero-order valence-electron chi connectivity index (χ0n) is 21.0. The van der Waals surface area contributed by atoms with Crippen LogP contribution >= 0.6 is 0 Å². The molecule has 36 heavy (non-hydrogen) atoms. The van der Waals surface area contributed by atoms with Gasteiger partial charge in [-0.2, -0.15) is 0 Å². The van der Waals surface area contributed by atoms with Crippen LogP contribution in [0.2, 0.25) is 0 Å². The van der Waals surface area contributed by atoms with Crippen LogP contribution in [-0.2, 0) is 19.1 Å². The number of ether oxygens (including phenoxy) is 2. The molecule has 0 bridgehead atoms. The van der Waals surface area contributed by atoms with E-state index in [4.69, 9.17) is 9.47 Å². The molecule has 4 rings (SSSR count). The number of anilines is 1. The van der Waals surface area contributed by atoms with Gasteiger partial charge in [-0.15, -0.1) is 0 Å². The second-order valence-corrected chi connectivity index (χ2v) is 9.58. The maximum atomic E-state index is 13.7. The van der Waals surface area contributed by atoms with E-state index in [2.05, 4.69) is 10.6 Å². The van der Waals surface area contributed by atoms with Crippen molar-refractivity contribution in [3.05, 3.63) is 59.7 Å². The lowest BCUT2D eigenvalue weighted by Crippen LogP contribution is -2.51. The Bertz CT molecular complexity index is 1040. The minimum atomic E-state index is -0.975. The highest BCUT2D eigenvalue weighted by atomic mass is 16.5. The number of hydrogen-bond acceptors (Lipinski definition) is 5. The highest BCUT2D eigenvalue weighted by molar-refractivity contribution is 6.40. The number of amides is 3. The van der Waals surface area contributed by atoms with Crippen molar-refractivity contribution in [3.8, 4) is 5.75 Å². The van der Waals surface area contributed by atoms with Gasteiger partial charge in [-0.25, -0.2) is 0 Å². The predicted molar refractivity (Wildman–Crippen MR) is 137 cm³/mol. The molecule has 3 amide bonds. The van der Waals surface area contributed by atoms with Crippen LogP contribution in [0.25, 0.3) is 0 Å². The summed E-state index contributed by atoms with van der Waals surface area (Å²) in [5.41, 5.74) is 2.18. The summed E-state index contributed by atoms with van der Waals surface area (Å²) in [7, 11) is 1.57. The van der Waals surface area contributed by atoms with Crippen LogP contribution < -0.4 is 15.4 Å². The van der Waals surface area contributed by atoms with Gasteiger partial charge >= 0.3 is 11.8 Å². The first kappa shape index (κ1) is 25.7. The number of nitrogens with zero attached hydrogens (tertiary/aromatic N) is 1. The molecule has 0 spiro atoms. The van der Waals surface area contributed by atoms with E-state index in [1.165, 1.54) is 4.90 Å². The maximum absolute atomic E-state index is 13.7. The molecule has 2 N–H and O–H groups in total. The summed E-state index contributed by atoms with van der Waals surface area (Å²) >= 11 is 0. The molecule has 1 heterocycles. The van der Waals surface area contributed by atoms with Crippen molar-refractivity contribution in [2.24, 2.45) is 0 Å². The van der Waals surface area contributed by atoms with E-state index in [9.17, 15) is 14.4 Å². The molecule has 8 heteroatoms. The summed E-state index contributed by atoms with van der Waals surface area (Å²) in [4.78, 5) is 41.8. The van der Waals surface area contributed by atoms with Crippen LogP contribution in [0, 0.1) is 6.92 Å². The number of methoxy groups -OCH3 is 1. The fraction of sp³-hybridized carbons (Fsp3) is 0.464. The number of nitrogens with one attached hydrogen (secondary N) is 2. The lowest BCUT2D eigenvalue weighted by atomic mass is 10.0. The zero-order valence-corrected chi connectivity index (χ0v) is 21.0. The number of benzene rings is 2. The molecule has 0 radical (unpaired) electrons. The fourth-order valence-corrected chi connectivity index (χ4v) is 4.87. The summed E-state index contributed by atoms with van der Waals surface area (Å²) in [5, 5.41) is 5.81. The number of carbonyl (C=O) groups excluding carboxylic acids is 3. The van der Waals surface area contributed by atoms with Crippen molar-refractivity contribution >= 4 is 23.4 Å². The molecular formula is C28H35N3O5. The lowest BCUT2D eigenvalue weighted by molar-refractivity contribution is -0.149. The molecule has 2 aromatic carbocycles. The molecule has 2 aromatic rings. The monoisotopic (exact) mass is 493 g/mol. The van der Waals surface area contributed by atoms with Gasteiger partial charge in [0.15, 0.2) is 0 Å². The van der Waals surface area contributed by atoms with Crippen LogP contribution in [0.4, 0.5) is 5.69 Å². The van der Waals surface area contributed by atoms with Gasteiger partial charge < -0.3 is 25.0 Å². The zero-order chi connectivity index (χ0) is 25.5. The second-order valence-electron chi connectivity index (χ2n) is 9.58. The van der Waals surface area contributed by atoms with E-state index in [1.807, 2.05) is 19.1 Å². The molecule has 1 saturated heterocycles. The molecule has 0 unspecified atom stereocenters. The average molecular weight is 494 g/mol. The van der Waals surface area contributed by atoms with Crippen molar-refractivity contribution in [3.63, 3.8) is 0 Å². The third-order valence-corrected chi connectivity index (χ3v) is 6.88. The smallest absolute Gasteiger partial charge is 0.313 e. The number of aryl methyl sites for hydroxylation is 1. The Kier molecular flexibility index (Phi) is 8.59. The largest absolute Gasteiger partial charge is 0.497 e. The van der Waals surface area contributed by atoms with Gasteiger partial charge in [0.1, 0.15) is 11.8 Å². The molecule has 0 aromatic heterocycles. The second kappa shape index (κ2) is 12.0. The molecule has 1 saturated carbocycles. The number of rotatable bonds is 8. The topological polar surface area (TPSA) is 97.0 Å². The van der Waals surface area contributed by atoms with Gasteiger partial charge in [0.2, 0.25) is 5.91 Å². The van der Waals surface area contributed by atoms with E-state index in [0.717, 1.165) is 44.1 Å². The van der Waals surface area contributed by atoms with E-state index in [0.29, 0.717) is 23.6 Å². The van der Waals surface area contributed by atoms with E-state index < -0.39 is 17.9 Å². The molecule has 2 aliphatic rings. The Morgan fingerprint density at radius 2 is 1.69 bits per heavy atom. The number of hydrogen-bond donors (Lipinski definition) is 2. The van der Waals surface area contributed by atoms with Crippen LogP contribution in [0.3, 0.4) is 0 Å². The van der Waals surface area contributed by atoms with Crippen LogP contribution in [-0.4, -0.2) is 55.0 Å². The Hall–Kier alpha value is -3.39. The normalized spacial score (nSPS) is 18.4. The number of carbonyl (C=O) groups is 3. The standard InChI is InChI=1S/C28H35N3O5/c1-19-9-13-22(14-10-19)30-27(33)28(34)31(18-24-8-5-17-36-24)25(20-11-15-23(35-2)16-12-20)26(32)29-21-6-3-4-7-21/h9-16,21,24-25H,3-8,17-18H2,1-2H3,(H,29,32)(H,30,33)/t24-,25+/m1/s1. The van der Waals surface area contributed by atoms with Gasteiger partial charge in [-0.3, -0.25) is 14.4 Å².